The Balaban J connectivity index is 1.74. The Kier molecular flexibility index (Phi) is 3.43. The normalized spacial score (nSPS) is 25.2. The van der Waals surface area contributed by atoms with Gasteiger partial charge in [0.15, 0.2) is 0 Å². The van der Waals surface area contributed by atoms with Crippen LogP contribution in [0.25, 0.3) is 0 Å². The fourth-order valence-electron chi connectivity index (χ4n) is 2.76. The van der Waals surface area contributed by atoms with E-state index in [-0.39, 0.29) is 0 Å². The molecule has 0 aromatic heterocycles. The van der Waals surface area contributed by atoms with Crippen LogP contribution in [0.15, 0.2) is 47.4 Å². The Morgan fingerprint density at radius 1 is 1.05 bits per heavy atom. The van der Waals surface area contributed by atoms with Crippen molar-refractivity contribution in [2.24, 2.45) is 0 Å². The largest absolute Gasteiger partial charge is 0.292 e. The first-order chi connectivity index (χ1) is 9.18. The highest BCUT2D eigenvalue weighted by atomic mass is 32.2. The first-order valence-corrected chi connectivity index (χ1v) is 8.06. The molecule has 0 unspecified atom stereocenters. The van der Waals surface area contributed by atoms with Gasteiger partial charge >= 0.3 is 0 Å². The lowest BCUT2D eigenvalue weighted by Gasteiger charge is -2.23. The van der Waals surface area contributed by atoms with E-state index < -0.39 is 10.0 Å². The van der Waals surface area contributed by atoms with Crippen molar-refractivity contribution in [1.82, 2.24) is 9.21 Å². The third kappa shape index (κ3) is 2.45. The Morgan fingerprint density at radius 3 is 2.42 bits per heavy atom. The van der Waals surface area contributed by atoms with Gasteiger partial charge in [0.1, 0.15) is 0 Å². The molecule has 4 nitrogen and oxygen atoms in total. The minimum atomic E-state index is -3.31. The first-order valence-electron chi connectivity index (χ1n) is 6.62. The smallest absolute Gasteiger partial charge is 0.243 e. The third-order valence-corrected chi connectivity index (χ3v) is 5.75. The summed E-state index contributed by atoms with van der Waals surface area (Å²) >= 11 is 0. The van der Waals surface area contributed by atoms with E-state index in [4.69, 9.17) is 0 Å². The first kappa shape index (κ1) is 12.8. The quantitative estimate of drug-likeness (QED) is 0.783. The molecule has 0 N–H and O–H groups in total. The van der Waals surface area contributed by atoms with Gasteiger partial charge in [-0.1, -0.05) is 30.4 Å². The number of nitrogens with zero attached hydrogens (tertiary/aromatic N) is 2. The fourth-order valence-corrected chi connectivity index (χ4v) is 4.27. The molecule has 0 radical (unpaired) electrons. The van der Waals surface area contributed by atoms with E-state index in [1.807, 2.05) is 6.07 Å². The molecule has 1 aromatic rings. The minimum Gasteiger partial charge on any atom is -0.292 e. The molecule has 0 spiro atoms. The maximum absolute atomic E-state index is 12.5. The lowest BCUT2D eigenvalue weighted by atomic mass is 10.2. The second kappa shape index (κ2) is 5.07. The molecule has 19 heavy (non-hydrogen) atoms. The van der Waals surface area contributed by atoms with Crippen LogP contribution in [0.5, 0.6) is 0 Å². The average Bonchev–Trinajstić information content (AvgIpc) is 3.10. The van der Waals surface area contributed by atoms with Crippen molar-refractivity contribution in [3.63, 3.8) is 0 Å². The predicted octanol–water partition coefficient (Wildman–Crippen LogP) is 1.32. The maximum atomic E-state index is 12.5. The summed E-state index contributed by atoms with van der Waals surface area (Å²) in [6, 6.07) is 9.06. The molecule has 1 atom stereocenters. The van der Waals surface area contributed by atoms with Crippen LogP contribution in [0.1, 0.15) is 6.42 Å². The van der Waals surface area contributed by atoms with Crippen molar-refractivity contribution in [3.05, 3.63) is 42.5 Å². The number of benzene rings is 1. The summed E-state index contributed by atoms with van der Waals surface area (Å²) in [5.74, 6) is 0. The molecule has 2 aliphatic rings. The van der Waals surface area contributed by atoms with Gasteiger partial charge in [0.05, 0.1) is 4.90 Å². The van der Waals surface area contributed by atoms with Crippen molar-refractivity contribution in [3.8, 4) is 0 Å². The van der Waals surface area contributed by atoms with Gasteiger partial charge < -0.3 is 0 Å². The number of hydrogen-bond acceptors (Lipinski definition) is 3. The van der Waals surface area contributed by atoms with Gasteiger partial charge in [0.2, 0.25) is 10.0 Å². The van der Waals surface area contributed by atoms with E-state index in [0.29, 0.717) is 24.0 Å². The Hall–Kier alpha value is -1.17. The molecule has 5 heteroatoms. The minimum absolute atomic E-state index is 0.355. The summed E-state index contributed by atoms with van der Waals surface area (Å²) in [4.78, 5) is 2.73. The fraction of sp³-hybridized carbons (Fsp3) is 0.429. The molecule has 0 bridgehead atoms. The van der Waals surface area contributed by atoms with Crippen LogP contribution in [0, 0.1) is 0 Å². The van der Waals surface area contributed by atoms with E-state index in [2.05, 4.69) is 17.1 Å². The van der Waals surface area contributed by atoms with E-state index in [1.165, 1.54) is 0 Å². The number of rotatable bonds is 3. The summed E-state index contributed by atoms with van der Waals surface area (Å²) < 4.78 is 26.6. The Bertz CT molecular complexity index is 560. The highest BCUT2D eigenvalue weighted by Gasteiger charge is 2.35. The number of sulfonamides is 1. The van der Waals surface area contributed by atoms with Gasteiger partial charge in [-0.3, -0.25) is 4.90 Å². The zero-order valence-electron chi connectivity index (χ0n) is 10.8. The van der Waals surface area contributed by atoms with Crippen molar-refractivity contribution in [2.75, 3.05) is 26.2 Å². The van der Waals surface area contributed by atoms with Crippen LogP contribution >= 0.6 is 0 Å². The molecule has 2 heterocycles. The van der Waals surface area contributed by atoms with Gasteiger partial charge in [-0.25, -0.2) is 8.42 Å². The predicted molar refractivity (Wildman–Crippen MR) is 74.3 cm³/mol. The molecule has 1 aromatic carbocycles. The van der Waals surface area contributed by atoms with Crippen molar-refractivity contribution >= 4 is 10.0 Å². The standard InChI is InChI=1S/C14H18N2O2S/c17-19(18,14-6-2-1-3-7-14)16-11-8-13(12-16)15-9-4-5-10-15/h1-7,13H,8-12H2/t13-/m0/s1. The highest BCUT2D eigenvalue weighted by molar-refractivity contribution is 7.89. The third-order valence-electron chi connectivity index (χ3n) is 3.87. The number of hydrogen-bond donors (Lipinski definition) is 0. The molecule has 2 aliphatic heterocycles. The van der Waals surface area contributed by atoms with Crippen molar-refractivity contribution in [1.29, 1.82) is 0 Å². The average molecular weight is 278 g/mol. The van der Waals surface area contributed by atoms with Gasteiger partial charge in [-0.2, -0.15) is 4.31 Å². The van der Waals surface area contributed by atoms with E-state index >= 15 is 0 Å². The van der Waals surface area contributed by atoms with Gasteiger partial charge in [-0.15, -0.1) is 0 Å². The van der Waals surface area contributed by atoms with Gasteiger partial charge in [-0.05, 0) is 18.6 Å². The Labute approximate surface area is 114 Å². The van der Waals surface area contributed by atoms with Crippen LogP contribution in [0.2, 0.25) is 0 Å². The van der Waals surface area contributed by atoms with E-state index in [0.717, 1.165) is 19.5 Å². The maximum Gasteiger partial charge on any atom is 0.243 e. The van der Waals surface area contributed by atoms with Crippen molar-refractivity contribution < 1.29 is 8.42 Å². The molecule has 0 aliphatic carbocycles. The molecule has 1 saturated heterocycles. The molecular formula is C14H18N2O2S. The molecular weight excluding hydrogens is 260 g/mol. The van der Waals surface area contributed by atoms with Gasteiger partial charge in [0.25, 0.3) is 0 Å². The van der Waals surface area contributed by atoms with Crippen LogP contribution in [0.3, 0.4) is 0 Å². The van der Waals surface area contributed by atoms with Crippen molar-refractivity contribution in [2.45, 2.75) is 17.4 Å². The highest BCUT2D eigenvalue weighted by Crippen LogP contribution is 2.24. The van der Waals surface area contributed by atoms with Crippen LogP contribution in [0.4, 0.5) is 0 Å². The van der Waals surface area contributed by atoms with Crippen LogP contribution in [-0.4, -0.2) is 49.8 Å². The monoisotopic (exact) mass is 278 g/mol. The second-order valence-electron chi connectivity index (χ2n) is 5.04. The second-order valence-corrected chi connectivity index (χ2v) is 6.98. The summed E-state index contributed by atoms with van der Waals surface area (Å²) in [5, 5.41) is 0. The summed E-state index contributed by atoms with van der Waals surface area (Å²) in [7, 11) is -3.31. The zero-order valence-corrected chi connectivity index (χ0v) is 11.6. The topological polar surface area (TPSA) is 40.6 Å². The summed E-state index contributed by atoms with van der Waals surface area (Å²) in [5.41, 5.74) is 0. The van der Waals surface area contributed by atoms with E-state index in [1.54, 1.807) is 28.6 Å². The Morgan fingerprint density at radius 2 is 1.74 bits per heavy atom. The van der Waals surface area contributed by atoms with Crippen LogP contribution in [-0.2, 0) is 10.0 Å². The lowest BCUT2D eigenvalue weighted by molar-refractivity contribution is 0.261. The lowest BCUT2D eigenvalue weighted by Crippen LogP contribution is -2.37. The summed E-state index contributed by atoms with van der Waals surface area (Å²) in [6.07, 6.45) is 5.22. The summed E-state index contributed by atoms with van der Waals surface area (Å²) in [6.45, 7) is 3.13. The molecule has 102 valence electrons. The molecule has 1 fully saturated rings. The van der Waals surface area contributed by atoms with E-state index in [9.17, 15) is 8.42 Å². The zero-order chi connectivity index (χ0) is 13.3. The van der Waals surface area contributed by atoms with Crippen LogP contribution < -0.4 is 0 Å². The molecule has 3 rings (SSSR count). The molecule has 0 saturated carbocycles. The SMILES string of the molecule is O=S(=O)(c1ccccc1)N1CC[C@H](N2CC=CC2)C1. The van der Waals surface area contributed by atoms with Gasteiger partial charge in [0, 0.05) is 32.2 Å². The molecule has 0 amide bonds.